The van der Waals surface area contributed by atoms with Crippen molar-refractivity contribution in [3.05, 3.63) is 0 Å². The van der Waals surface area contributed by atoms with Gasteiger partial charge in [-0.3, -0.25) is 4.79 Å². The molecule has 0 aromatic heterocycles. The molecule has 1 unspecified atom stereocenters. The van der Waals surface area contributed by atoms with Gasteiger partial charge in [0.1, 0.15) is 5.78 Å². The smallest absolute Gasteiger partial charge is 0.132 e. The van der Waals surface area contributed by atoms with Crippen molar-refractivity contribution >= 4 is 5.78 Å². The number of hydrogen-bond acceptors (Lipinski definition) is 2. The van der Waals surface area contributed by atoms with Gasteiger partial charge in [-0.25, -0.2) is 0 Å². The van der Waals surface area contributed by atoms with E-state index >= 15 is 0 Å². The van der Waals surface area contributed by atoms with Crippen molar-refractivity contribution in [2.24, 2.45) is 0 Å². The zero-order chi connectivity index (χ0) is 13.1. The van der Waals surface area contributed by atoms with E-state index in [1.54, 1.807) is 0 Å². The lowest BCUT2D eigenvalue weighted by molar-refractivity contribution is -0.119. The van der Waals surface area contributed by atoms with E-state index in [1.165, 1.54) is 44.9 Å². The van der Waals surface area contributed by atoms with E-state index in [4.69, 9.17) is 4.74 Å². The van der Waals surface area contributed by atoms with Gasteiger partial charge < -0.3 is 4.74 Å². The molecule has 1 rings (SSSR count). The highest BCUT2D eigenvalue weighted by atomic mass is 16.5. The van der Waals surface area contributed by atoms with Gasteiger partial charge in [0.2, 0.25) is 0 Å². The molecule has 1 aliphatic rings. The second-order valence-corrected chi connectivity index (χ2v) is 5.58. The van der Waals surface area contributed by atoms with Crippen LogP contribution in [-0.4, -0.2) is 18.5 Å². The van der Waals surface area contributed by atoms with Crippen LogP contribution < -0.4 is 0 Å². The molecule has 0 aromatic rings. The molecule has 0 amide bonds. The summed E-state index contributed by atoms with van der Waals surface area (Å²) in [6, 6.07) is 0. The first kappa shape index (κ1) is 15.7. The number of ketones is 1. The van der Waals surface area contributed by atoms with Gasteiger partial charge in [0.05, 0.1) is 6.10 Å². The fourth-order valence-electron chi connectivity index (χ4n) is 2.63. The van der Waals surface area contributed by atoms with Crippen LogP contribution in [-0.2, 0) is 9.53 Å². The summed E-state index contributed by atoms with van der Waals surface area (Å²) in [6.45, 7) is 3.16. The molecule has 0 aromatic carbocycles. The number of hydrogen-bond donors (Lipinski definition) is 0. The predicted molar refractivity (Wildman–Crippen MR) is 75.8 cm³/mol. The Morgan fingerprint density at radius 3 is 2.50 bits per heavy atom. The molecule has 1 heterocycles. The predicted octanol–water partition coefficient (Wildman–Crippen LogP) is 4.66. The highest BCUT2D eigenvalue weighted by molar-refractivity contribution is 5.78. The lowest BCUT2D eigenvalue weighted by atomic mass is 10.0. The molecule has 1 saturated heterocycles. The summed E-state index contributed by atoms with van der Waals surface area (Å²) in [5.74, 6) is 0.462. The minimum Gasteiger partial charge on any atom is -0.378 e. The number of Topliss-reactive ketones (excluding diaryl/α,β-unsaturated/α-hetero) is 1. The Balaban J connectivity index is 1.84. The van der Waals surface area contributed by atoms with Crippen molar-refractivity contribution < 1.29 is 9.53 Å². The minimum atomic E-state index is 0.451. The highest BCUT2D eigenvalue weighted by Gasteiger charge is 2.15. The summed E-state index contributed by atoms with van der Waals surface area (Å²) < 4.78 is 5.56. The summed E-state index contributed by atoms with van der Waals surface area (Å²) in [7, 11) is 0. The third-order valence-corrected chi connectivity index (χ3v) is 3.81. The van der Waals surface area contributed by atoms with Crippen molar-refractivity contribution in [3.63, 3.8) is 0 Å². The van der Waals surface area contributed by atoms with Crippen molar-refractivity contribution in [2.75, 3.05) is 6.61 Å². The Bertz CT molecular complexity index is 207. The van der Waals surface area contributed by atoms with Crippen LogP contribution in [0.2, 0.25) is 0 Å². The van der Waals surface area contributed by atoms with Gasteiger partial charge in [-0.15, -0.1) is 0 Å². The molecular weight excluding hydrogens is 224 g/mol. The van der Waals surface area contributed by atoms with Crippen LogP contribution in [0.5, 0.6) is 0 Å². The van der Waals surface area contributed by atoms with Gasteiger partial charge in [-0.2, -0.15) is 0 Å². The van der Waals surface area contributed by atoms with Crippen molar-refractivity contribution in [3.8, 4) is 0 Å². The first-order valence-corrected chi connectivity index (χ1v) is 7.96. The fourth-order valence-corrected chi connectivity index (χ4v) is 2.63. The van der Waals surface area contributed by atoms with Gasteiger partial charge in [0.15, 0.2) is 0 Å². The zero-order valence-corrected chi connectivity index (χ0v) is 12.1. The normalized spacial score (nSPS) is 19.3. The summed E-state index contributed by atoms with van der Waals surface area (Å²) >= 11 is 0. The lowest BCUT2D eigenvalue weighted by Gasteiger charge is -2.08. The number of carbonyl (C=O) groups is 1. The van der Waals surface area contributed by atoms with Crippen LogP contribution in [0.3, 0.4) is 0 Å². The summed E-state index contributed by atoms with van der Waals surface area (Å²) in [4.78, 5) is 11.7. The Morgan fingerprint density at radius 1 is 1.06 bits per heavy atom. The molecule has 18 heavy (non-hydrogen) atoms. The Kier molecular flexibility index (Phi) is 9.19. The second-order valence-electron chi connectivity index (χ2n) is 5.58. The first-order chi connectivity index (χ1) is 8.83. The number of carbonyl (C=O) groups excluding carboxylic acids is 1. The largest absolute Gasteiger partial charge is 0.378 e. The van der Waals surface area contributed by atoms with Crippen LogP contribution >= 0.6 is 0 Å². The monoisotopic (exact) mass is 254 g/mol. The first-order valence-electron chi connectivity index (χ1n) is 7.96. The van der Waals surface area contributed by atoms with Gasteiger partial charge in [0, 0.05) is 19.4 Å². The molecule has 1 atom stereocenters. The van der Waals surface area contributed by atoms with Crippen molar-refractivity contribution in [2.45, 2.75) is 90.1 Å². The maximum Gasteiger partial charge on any atom is 0.132 e. The Morgan fingerprint density at radius 2 is 1.78 bits per heavy atom. The van der Waals surface area contributed by atoms with Gasteiger partial charge in [-0.05, 0) is 32.1 Å². The SMILES string of the molecule is CCCCCCCCC(=O)CCCC1CCCO1. The number of unbranched alkanes of at least 4 members (excludes halogenated alkanes) is 5. The van der Waals surface area contributed by atoms with E-state index in [0.717, 1.165) is 38.7 Å². The Labute approximate surface area is 112 Å². The lowest BCUT2D eigenvalue weighted by Crippen LogP contribution is -2.06. The minimum absolute atomic E-state index is 0.451. The van der Waals surface area contributed by atoms with Crippen molar-refractivity contribution in [1.82, 2.24) is 0 Å². The quantitative estimate of drug-likeness (QED) is 0.501. The highest BCUT2D eigenvalue weighted by Crippen LogP contribution is 2.18. The Hall–Kier alpha value is -0.370. The molecule has 1 fully saturated rings. The van der Waals surface area contributed by atoms with E-state index < -0.39 is 0 Å². The van der Waals surface area contributed by atoms with Crippen LogP contribution in [0.1, 0.15) is 84.0 Å². The van der Waals surface area contributed by atoms with Crippen LogP contribution in [0, 0.1) is 0 Å². The number of ether oxygens (including phenoxy) is 1. The average Bonchev–Trinajstić information content (AvgIpc) is 2.87. The van der Waals surface area contributed by atoms with Crippen LogP contribution in [0.15, 0.2) is 0 Å². The molecule has 0 N–H and O–H groups in total. The summed E-state index contributed by atoms with van der Waals surface area (Å²) in [5.41, 5.74) is 0. The second kappa shape index (κ2) is 10.5. The van der Waals surface area contributed by atoms with Gasteiger partial charge in [-0.1, -0.05) is 39.0 Å². The van der Waals surface area contributed by atoms with Gasteiger partial charge in [0.25, 0.3) is 0 Å². The fraction of sp³-hybridized carbons (Fsp3) is 0.938. The number of rotatable bonds is 11. The van der Waals surface area contributed by atoms with Crippen molar-refractivity contribution in [1.29, 1.82) is 0 Å². The maximum absolute atomic E-state index is 11.7. The molecule has 0 bridgehead atoms. The standard InChI is InChI=1S/C16H30O2/c1-2-3-4-5-6-7-10-15(17)11-8-12-16-13-9-14-18-16/h16H,2-14H2,1H3. The molecule has 2 nitrogen and oxygen atoms in total. The average molecular weight is 254 g/mol. The summed E-state index contributed by atoms with van der Waals surface area (Å²) in [6.07, 6.45) is 14.2. The third kappa shape index (κ3) is 7.86. The summed E-state index contributed by atoms with van der Waals surface area (Å²) in [5, 5.41) is 0. The molecule has 0 spiro atoms. The maximum atomic E-state index is 11.7. The molecular formula is C16H30O2. The molecule has 0 aliphatic carbocycles. The van der Waals surface area contributed by atoms with Crippen LogP contribution in [0.4, 0.5) is 0 Å². The topological polar surface area (TPSA) is 26.3 Å². The van der Waals surface area contributed by atoms with E-state index in [-0.39, 0.29) is 0 Å². The van der Waals surface area contributed by atoms with Gasteiger partial charge >= 0.3 is 0 Å². The zero-order valence-electron chi connectivity index (χ0n) is 12.1. The van der Waals surface area contributed by atoms with E-state index in [0.29, 0.717) is 11.9 Å². The van der Waals surface area contributed by atoms with E-state index in [9.17, 15) is 4.79 Å². The van der Waals surface area contributed by atoms with E-state index in [1.807, 2.05) is 0 Å². The molecule has 1 aliphatic heterocycles. The third-order valence-electron chi connectivity index (χ3n) is 3.81. The molecule has 0 radical (unpaired) electrons. The molecule has 2 heteroatoms. The molecule has 0 saturated carbocycles. The van der Waals surface area contributed by atoms with Crippen LogP contribution in [0.25, 0.3) is 0 Å². The molecule has 106 valence electrons. The van der Waals surface area contributed by atoms with E-state index in [2.05, 4.69) is 6.92 Å².